The normalized spacial score (nSPS) is 18.7. The zero-order valence-electron chi connectivity index (χ0n) is 14.0. The first-order valence-electron chi connectivity index (χ1n) is 7.97. The minimum absolute atomic E-state index is 0.00343. The topological polar surface area (TPSA) is 93.9 Å². The van der Waals surface area contributed by atoms with Gasteiger partial charge in [0.15, 0.2) is 0 Å². The first-order valence-corrected chi connectivity index (χ1v) is 7.97. The molecular weight excluding hydrogens is 308 g/mol. The molecule has 2 aromatic rings. The van der Waals surface area contributed by atoms with Crippen LogP contribution >= 0.6 is 0 Å². The number of amides is 2. The molecule has 1 atom stereocenters. The Morgan fingerprint density at radius 1 is 1.25 bits per heavy atom. The molecule has 7 nitrogen and oxygen atoms in total. The zero-order chi connectivity index (χ0) is 17.5. The lowest BCUT2D eigenvalue weighted by Crippen LogP contribution is -2.45. The molecule has 126 valence electrons. The molecule has 0 saturated carbocycles. The van der Waals surface area contributed by atoms with E-state index in [9.17, 15) is 14.4 Å². The highest BCUT2D eigenvalue weighted by atomic mass is 16.2. The fraction of sp³-hybridized carbons (Fsp3) is 0.471. The van der Waals surface area contributed by atoms with Crippen molar-refractivity contribution in [2.75, 3.05) is 0 Å². The molecule has 0 radical (unpaired) electrons. The highest BCUT2D eigenvalue weighted by Crippen LogP contribution is 2.24. The van der Waals surface area contributed by atoms with E-state index in [0.717, 1.165) is 10.2 Å². The van der Waals surface area contributed by atoms with Gasteiger partial charge in [-0.15, -0.1) is 5.10 Å². The summed E-state index contributed by atoms with van der Waals surface area (Å²) in [6, 6.07) is 4.71. The smallest absolute Gasteiger partial charge is 0.278 e. The van der Waals surface area contributed by atoms with Gasteiger partial charge in [-0.05, 0) is 29.9 Å². The van der Waals surface area contributed by atoms with E-state index in [1.807, 2.05) is 12.1 Å². The van der Waals surface area contributed by atoms with Crippen molar-refractivity contribution in [1.82, 2.24) is 20.3 Å². The molecule has 1 aliphatic rings. The van der Waals surface area contributed by atoms with Crippen LogP contribution in [-0.2, 0) is 16.0 Å². The van der Waals surface area contributed by atoms with Gasteiger partial charge >= 0.3 is 0 Å². The minimum atomic E-state index is -0.796. The molecule has 1 saturated heterocycles. The number of hydrogen-bond donors (Lipinski definition) is 1. The second kappa shape index (κ2) is 5.81. The largest absolute Gasteiger partial charge is 0.295 e. The van der Waals surface area contributed by atoms with Crippen molar-refractivity contribution in [3.8, 4) is 0 Å². The molecule has 1 fully saturated rings. The number of piperidine rings is 1. The van der Waals surface area contributed by atoms with Crippen molar-refractivity contribution >= 4 is 22.7 Å². The van der Waals surface area contributed by atoms with Gasteiger partial charge in [-0.25, -0.2) is 0 Å². The maximum Gasteiger partial charge on any atom is 0.278 e. The quantitative estimate of drug-likeness (QED) is 0.840. The van der Waals surface area contributed by atoms with Crippen LogP contribution in [0.4, 0.5) is 0 Å². The monoisotopic (exact) mass is 328 g/mol. The molecule has 1 aromatic carbocycles. The van der Waals surface area contributed by atoms with Crippen LogP contribution in [0.3, 0.4) is 0 Å². The summed E-state index contributed by atoms with van der Waals surface area (Å²) in [4.78, 5) is 36.3. The third-order valence-electron chi connectivity index (χ3n) is 4.03. The van der Waals surface area contributed by atoms with E-state index in [0.29, 0.717) is 17.3 Å². The third-order valence-corrected chi connectivity index (χ3v) is 4.03. The average molecular weight is 328 g/mol. The van der Waals surface area contributed by atoms with Crippen molar-refractivity contribution in [1.29, 1.82) is 0 Å². The molecule has 1 unspecified atom stereocenters. The van der Waals surface area contributed by atoms with Crippen LogP contribution in [-0.4, -0.2) is 26.8 Å². The summed E-state index contributed by atoms with van der Waals surface area (Å²) in [6.07, 6.45) is 1.15. The number of nitrogens with zero attached hydrogens (tertiary/aromatic N) is 3. The van der Waals surface area contributed by atoms with Crippen molar-refractivity contribution in [3.63, 3.8) is 0 Å². The maximum atomic E-state index is 13.0. The van der Waals surface area contributed by atoms with Crippen LogP contribution in [0.2, 0.25) is 0 Å². The zero-order valence-corrected chi connectivity index (χ0v) is 14.0. The van der Waals surface area contributed by atoms with Gasteiger partial charge in [0, 0.05) is 6.42 Å². The van der Waals surface area contributed by atoms with E-state index in [4.69, 9.17) is 0 Å². The lowest BCUT2D eigenvalue weighted by molar-refractivity contribution is -0.136. The van der Waals surface area contributed by atoms with Crippen LogP contribution in [0.5, 0.6) is 0 Å². The van der Waals surface area contributed by atoms with Crippen molar-refractivity contribution in [3.05, 3.63) is 34.1 Å². The molecular formula is C17H20N4O3. The Hall–Kier alpha value is -2.57. The number of nitrogens with one attached hydrogen (secondary N) is 1. The van der Waals surface area contributed by atoms with E-state index in [1.54, 1.807) is 6.07 Å². The molecule has 0 spiro atoms. The number of hydrogen-bond acceptors (Lipinski definition) is 5. The third kappa shape index (κ3) is 3.06. The molecule has 0 aliphatic carbocycles. The van der Waals surface area contributed by atoms with Crippen molar-refractivity contribution in [2.24, 2.45) is 5.41 Å². The summed E-state index contributed by atoms with van der Waals surface area (Å²) in [6.45, 7) is 6.29. The van der Waals surface area contributed by atoms with Crippen molar-refractivity contribution < 1.29 is 9.59 Å². The lowest BCUT2D eigenvalue weighted by atomic mass is 9.87. The number of aromatic nitrogens is 3. The summed E-state index contributed by atoms with van der Waals surface area (Å²) in [5.74, 6) is -0.832. The number of carbonyl (C=O) groups is 2. The summed E-state index contributed by atoms with van der Waals surface area (Å²) in [5.41, 5.74) is 1.07. The second-order valence-corrected chi connectivity index (χ2v) is 7.35. The van der Waals surface area contributed by atoms with Crippen LogP contribution in [0.15, 0.2) is 23.0 Å². The molecule has 24 heavy (non-hydrogen) atoms. The van der Waals surface area contributed by atoms with E-state index in [2.05, 4.69) is 36.4 Å². The van der Waals surface area contributed by atoms with Gasteiger partial charge in [-0.1, -0.05) is 38.1 Å². The predicted molar refractivity (Wildman–Crippen MR) is 88.4 cm³/mol. The summed E-state index contributed by atoms with van der Waals surface area (Å²) < 4.78 is 1.11. The standard InChI is InChI=1S/C17H20N4O3/c1-17(2,3)9-10-5-4-6-11-14(10)16(24)21(20-19-11)12-7-8-13(22)18-15(12)23/h4-6,12H,7-9H2,1-3H3,(H,18,22,23). The Kier molecular flexibility index (Phi) is 3.95. The fourth-order valence-electron chi connectivity index (χ4n) is 3.01. The number of imide groups is 1. The number of benzene rings is 1. The summed E-state index contributed by atoms with van der Waals surface area (Å²) in [7, 11) is 0. The van der Waals surface area contributed by atoms with Gasteiger partial charge < -0.3 is 0 Å². The molecule has 3 rings (SSSR count). The van der Waals surface area contributed by atoms with Crippen LogP contribution in [0, 0.1) is 5.41 Å². The molecule has 1 aliphatic heterocycles. The highest BCUT2D eigenvalue weighted by Gasteiger charge is 2.30. The molecule has 7 heteroatoms. The highest BCUT2D eigenvalue weighted by molar-refractivity contribution is 5.99. The molecule has 0 bridgehead atoms. The first kappa shape index (κ1) is 16.3. The molecule has 1 aromatic heterocycles. The first-order chi connectivity index (χ1) is 11.3. The molecule has 1 N–H and O–H groups in total. The fourth-order valence-corrected chi connectivity index (χ4v) is 3.01. The Bertz CT molecular complexity index is 880. The van der Waals surface area contributed by atoms with Gasteiger partial charge in [0.25, 0.3) is 11.5 Å². The lowest BCUT2D eigenvalue weighted by Gasteiger charge is -2.22. The van der Waals surface area contributed by atoms with Crippen LogP contribution in [0.25, 0.3) is 10.9 Å². The van der Waals surface area contributed by atoms with E-state index >= 15 is 0 Å². The summed E-state index contributed by atoms with van der Waals surface area (Å²) >= 11 is 0. The second-order valence-electron chi connectivity index (χ2n) is 7.35. The Morgan fingerprint density at radius 3 is 2.67 bits per heavy atom. The van der Waals surface area contributed by atoms with Gasteiger partial charge in [0.1, 0.15) is 11.6 Å². The maximum absolute atomic E-state index is 13.0. The molecule has 2 amide bonds. The average Bonchev–Trinajstić information content (AvgIpc) is 2.47. The number of carbonyl (C=O) groups excluding carboxylic acids is 2. The van der Waals surface area contributed by atoms with Crippen molar-refractivity contribution in [2.45, 2.75) is 46.1 Å². The van der Waals surface area contributed by atoms with Crippen LogP contribution in [0.1, 0.15) is 45.2 Å². The minimum Gasteiger partial charge on any atom is -0.295 e. The predicted octanol–water partition coefficient (Wildman–Crippen LogP) is 1.36. The van der Waals surface area contributed by atoms with E-state index in [1.165, 1.54) is 0 Å². The van der Waals surface area contributed by atoms with E-state index in [-0.39, 0.29) is 29.7 Å². The Balaban J connectivity index is 2.13. The van der Waals surface area contributed by atoms with Gasteiger partial charge in [0.2, 0.25) is 5.91 Å². The number of fused-ring (bicyclic) bond motifs is 1. The van der Waals surface area contributed by atoms with Crippen LogP contribution < -0.4 is 10.9 Å². The number of rotatable bonds is 2. The van der Waals surface area contributed by atoms with E-state index < -0.39 is 11.9 Å². The SMILES string of the molecule is CC(C)(C)Cc1cccc2nnn(C3CCC(=O)NC3=O)c(=O)c12. The Labute approximate surface area is 139 Å². The summed E-state index contributed by atoms with van der Waals surface area (Å²) in [5, 5.41) is 10.8. The van der Waals surface area contributed by atoms with Gasteiger partial charge in [-0.2, -0.15) is 4.68 Å². The Morgan fingerprint density at radius 2 is 2.00 bits per heavy atom. The molecule has 2 heterocycles. The van der Waals surface area contributed by atoms with Gasteiger partial charge in [0.05, 0.1) is 5.39 Å². The van der Waals surface area contributed by atoms with Gasteiger partial charge in [-0.3, -0.25) is 19.7 Å².